The molecule has 5 aromatic rings. The van der Waals surface area contributed by atoms with Crippen LogP contribution in [0.15, 0.2) is 116 Å². The molecule has 3 aromatic heterocycles. The number of likely N-dealkylation sites (tertiary alicyclic amines) is 2. The Kier molecular flexibility index (Phi) is 32.7. The molecule has 82 heavy (non-hydrogen) atoms. The topological polar surface area (TPSA) is 328 Å². The van der Waals surface area contributed by atoms with Crippen LogP contribution in [0.5, 0.6) is 29.1 Å². The minimum atomic E-state index is -1.81. The van der Waals surface area contributed by atoms with Crippen molar-refractivity contribution in [2.45, 2.75) is 72.0 Å². The number of benzene rings is 2. The average Bonchev–Trinajstić information content (AvgIpc) is 3.68. The van der Waals surface area contributed by atoms with Crippen LogP contribution in [0, 0.1) is 5.92 Å². The number of nitrogens with zero attached hydrogens (tertiary/aromatic N) is 5. The molecule has 435 valence electrons. The van der Waals surface area contributed by atoms with E-state index in [2.05, 4.69) is 29.1 Å². The van der Waals surface area contributed by atoms with Crippen LogP contribution in [0.4, 0.5) is 9.59 Å². The van der Waals surface area contributed by atoms with Gasteiger partial charge in [0.1, 0.15) is 19.1 Å². The van der Waals surface area contributed by atoms with E-state index in [0.29, 0.717) is 74.6 Å². The maximum absolute atomic E-state index is 13.1. The Morgan fingerprint density at radius 3 is 1.61 bits per heavy atom. The zero-order valence-electron chi connectivity index (χ0n) is 46.1. The summed E-state index contributed by atoms with van der Waals surface area (Å²) in [7, 11) is 6.32. The molecule has 2 unspecified atom stereocenters. The number of imide groups is 2. The number of ether oxygens (including phenoxy) is 7. The van der Waals surface area contributed by atoms with Crippen molar-refractivity contribution in [1.82, 2.24) is 24.8 Å². The number of esters is 3. The van der Waals surface area contributed by atoms with E-state index in [4.69, 9.17) is 43.7 Å². The molecule has 2 saturated heterocycles. The Bertz CT molecular complexity index is 2860. The van der Waals surface area contributed by atoms with Gasteiger partial charge >= 0.3 is 139 Å². The third-order valence-electron chi connectivity index (χ3n) is 10.8. The van der Waals surface area contributed by atoms with Crippen molar-refractivity contribution < 1.29 is 96.2 Å². The summed E-state index contributed by atoms with van der Waals surface area (Å²) in [6.45, 7) is 6.39. The SMILES string of the molecule is CC(=O)OC(C)=O.COC(=O)C1CCCN(C(=O)OCc2ccccc2)C1=O.COc1ncccc1C1(C)CCCN(C(=O)OCc2ccccc2)C1=O.COc1ncccc1O[B]O.COc1ncccc1[O][Pb][O]C(C)=O.O=C=O. The Balaban J connectivity index is 0.000000367. The molecule has 1 N–H and O–H groups in total. The van der Waals surface area contributed by atoms with E-state index in [0.717, 1.165) is 16.0 Å². The summed E-state index contributed by atoms with van der Waals surface area (Å²) in [5, 5.41) is 8.31. The van der Waals surface area contributed by atoms with Crippen molar-refractivity contribution in [3.05, 3.63) is 132 Å². The number of pyridine rings is 3. The summed E-state index contributed by atoms with van der Waals surface area (Å²) in [6.07, 6.45) is 5.97. The van der Waals surface area contributed by atoms with Crippen LogP contribution in [0.3, 0.4) is 0 Å². The van der Waals surface area contributed by atoms with Crippen molar-refractivity contribution in [1.29, 1.82) is 0 Å². The number of carbonyl (C=O) groups is 8. The van der Waals surface area contributed by atoms with Gasteiger partial charge in [0.05, 0.1) is 26.7 Å². The Morgan fingerprint density at radius 2 is 1.13 bits per heavy atom. The Labute approximate surface area is 486 Å². The Morgan fingerprint density at radius 1 is 0.659 bits per heavy atom. The van der Waals surface area contributed by atoms with Crippen LogP contribution < -0.4 is 21.6 Å². The van der Waals surface area contributed by atoms with Gasteiger partial charge in [0.25, 0.3) is 5.88 Å². The fraction of sp³-hybridized carbons (Fsp3) is 0.333. The van der Waals surface area contributed by atoms with Gasteiger partial charge in [-0.25, -0.2) is 29.4 Å². The summed E-state index contributed by atoms with van der Waals surface area (Å²) in [5.41, 5.74) is 1.53. The number of methoxy groups -OCH3 is 4. The molecule has 2 aliphatic heterocycles. The van der Waals surface area contributed by atoms with Crippen LogP contribution >= 0.6 is 0 Å². The molecule has 26 nitrogen and oxygen atoms in total. The second kappa shape index (κ2) is 38.7. The van der Waals surface area contributed by atoms with Gasteiger partial charge in [-0.05, 0) is 61.9 Å². The van der Waals surface area contributed by atoms with Crippen molar-refractivity contribution in [3.8, 4) is 29.1 Å². The van der Waals surface area contributed by atoms with Gasteiger partial charge < -0.3 is 38.1 Å². The van der Waals surface area contributed by atoms with Gasteiger partial charge in [0.2, 0.25) is 17.7 Å². The summed E-state index contributed by atoms with van der Waals surface area (Å²) in [6, 6.07) is 28.9. The third-order valence-corrected chi connectivity index (χ3v) is 13.4. The van der Waals surface area contributed by atoms with Crippen LogP contribution in [-0.2, 0) is 78.6 Å². The van der Waals surface area contributed by atoms with Gasteiger partial charge in [-0.2, -0.15) is 9.59 Å². The molecule has 3 radical (unpaired) electrons. The molecule has 0 saturated carbocycles. The summed E-state index contributed by atoms with van der Waals surface area (Å²) >= 11 is -1.81. The molecule has 7 rings (SSSR count). The zero-order chi connectivity index (χ0) is 60.9. The molecule has 0 bridgehead atoms. The normalized spacial score (nSPS) is 14.5. The second-order valence-electron chi connectivity index (χ2n) is 16.4. The molecule has 2 aliphatic rings. The molecule has 4 amide bonds. The predicted octanol–water partition coefficient (Wildman–Crippen LogP) is 5.12. The first-order valence-electron chi connectivity index (χ1n) is 24.4. The number of carbonyl (C=O) groups excluding carboxylic acids is 10. The van der Waals surface area contributed by atoms with Gasteiger partial charge in [-0.3, -0.25) is 24.0 Å². The fourth-order valence-electron chi connectivity index (χ4n) is 7.12. The number of rotatable bonds is 14. The average molecular weight is 1330 g/mol. The fourth-order valence-corrected chi connectivity index (χ4v) is 8.69. The number of piperidine rings is 2. The van der Waals surface area contributed by atoms with Gasteiger partial charge in [0, 0.05) is 44.9 Å². The summed E-state index contributed by atoms with van der Waals surface area (Å²) in [5.74, 6) is -1.71. The van der Waals surface area contributed by atoms with Crippen molar-refractivity contribution >= 4 is 86.9 Å². The molecule has 2 atom stereocenters. The van der Waals surface area contributed by atoms with E-state index >= 15 is 0 Å². The van der Waals surface area contributed by atoms with Crippen LogP contribution in [0.1, 0.15) is 70.1 Å². The van der Waals surface area contributed by atoms with E-state index in [-0.39, 0.29) is 37.8 Å². The molecular weight excluding hydrogens is 1270 g/mol. The maximum atomic E-state index is 13.1. The molecule has 0 aliphatic carbocycles. The van der Waals surface area contributed by atoms with Crippen LogP contribution in [0.25, 0.3) is 0 Å². The first kappa shape index (κ1) is 69.3. The van der Waals surface area contributed by atoms with E-state index in [1.807, 2.05) is 73.7 Å². The van der Waals surface area contributed by atoms with Gasteiger partial charge in [0.15, 0.2) is 5.75 Å². The standard InChI is InChI=1S/C20H22N2O4.C15H17NO5.C6H7BNO3.C6H7NO2.C4H6O3.C2H4O2.CO2.Pb/c1-20(16-10-6-12-21-17(16)25-2)11-7-13-22(18(20)23)19(24)26-14-15-8-4-3-5-9-15;1-20-14(18)12-8-5-9-16(13(12)17)15(19)21-10-11-6-3-2-4-7-11;1-10-6-5(11-7-9)3-2-4-8-6;1-9-6-5(8)3-2-4-7-6;1-3(5)7-4(2)6;1-2(3)4;2-1-3;/h3-6,8-10,12H,7,11,13-14H2,1-2H3;2-4,6-7,12H,5,8-10H2,1H3;2-4,9H,1H3;2-4,8H,1H3;1-2H3;1H3,(H,3,4);;/q;;;;;;;+2/p-2. The molecule has 28 heteroatoms. The number of hydrogen-bond donors (Lipinski definition) is 1. The third kappa shape index (κ3) is 24.3. The minimum Gasteiger partial charge on any atom is -0.186 e. The second-order valence-corrected chi connectivity index (χ2v) is 18.7. The molecule has 5 heterocycles. The molecular formula is C54H61BN5O21Pb. The van der Waals surface area contributed by atoms with Gasteiger partial charge in [-0.15, -0.1) is 0 Å². The number of amides is 4. The minimum absolute atomic E-state index is 0.0896. The van der Waals surface area contributed by atoms with E-state index in [1.54, 1.807) is 48.9 Å². The maximum Gasteiger partial charge on any atom is 0.373 e. The molecule has 2 aromatic carbocycles. The van der Waals surface area contributed by atoms with Crippen LogP contribution in [0.2, 0.25) is 0 Å². The van der Waals surface area contributed by atoms with Crippen molar-refractivity contribution in [2.75, 3.05) is 41.5 Å². The quantitative estimate of drug-likeness (QED) is 0.0653. The van der Waals surface area contributed by atoms with E-state index < -0.39 is 72.5 Å². The first-order valence-corrected chi connectivity index (χ1v) is 27.5. The molecule has 2 fully saturated rings. The van der Waals surface area contributed by atoms with Crippen LogP contribution in [-0.4, -0.2) is 158 Å². The number of hydrogen-bond acceptors (Lipinski definition) is 24. The summed E-state index contributed by atoms with van der Waals surface area (Å²) < 4.78 is 48.9. The van der Waals surface area contributed by atoms with Crippen molar-refractivity contribution in [3.63, 3.8) is 0 Å². The van der Waals surface area contributed by atoms with E-state index in [1.165, 1.54) is 54.1 Å². The van der Waals surface area contributed by atoms with Gasteiger partial charge in [-0.1, -0.05) is 66.7 Å². The first-order chi connectivity index (χ1) is 39.3. The largest absolute Gasteiger partial charge is 0.373 e. The monoisotopic (exact) mass is 1330 g/mol. The predicted molar refractivity (Wildman–Crippen MR) is 285 cm³/mol. The van der Waals surface area contributed by atoms with E-state index in [9.17, 15) is 38.4 Å². The van der Waals surface area contributed by atoms with Crippen molar-refractivity contribution in [2.24, 2.45) is 5.92 Å². The smallest absolute Gasteiger partial charge is 0.186 e. The number of aromatic nitrogens is 3. The zero-order valence-corrected chi connectivity index (χ0v) is 50.0. The Hall–Kier alpha value is -8.82. The summed E-state index contributed by atoms with van der Waals surface area (Å²) in [4.78, 5) is 122. The molecule has 0 spiro atoms.